The van der Waals surface area contributed by atoms with Crippen LogP contribution in [0, 0.1) is 33.3 Å². The molecule has 1 heterocycles. The minimum atomic E-state index is -0.677. The highest BCUT2D eigenvalue weighted by atomic mass is 16.6. The Morgan fingerprint density at radius 1 is 1.35 bits per heavy atom. The number of carbonyl (C=O) groups excluding carboxylic acids is 2. The fraction of sp³-hybridized carbons (Fsp3) is 0.500. The summed E-state index contributed by atoms with van der Waals surface area (Å²) >= 11 is 0. The highest BCUT2D eigenvalue weighted by molar-refractivity contribution is 5.94. The smallest absolute Gasteiger partial charge is 0.305 e. The first-order valence-corrected chi connectivity index (χ1v) is 8.40. The number of piperidine rings is 1. The summed E-state index contributed by atoms with van der Waals surface area (Å²) in [6, 6.07) is 10.1. The van der Waals surface area contributed by atoms with Crippen molar-refractivity contribution in [3.8, 4) is 6.07 Å². The predicted molar refractivity (Wildman–Crippen MR) is 91.6 cm³/mol. The standard InChI is InChI=1S/C18H21N3O5/c1-26-17(22)10-15-9-16(11-19)20(12-14(15)7-8-21(24)25)18(23)13-5-3-2-4-6-13/h2-6,14-16H,7-10,12H2,1H3. The Morgan fingerprint density at radius 3 is 2.62 bits per heavy atom. The summed E-state index contributed by atoms with van der Waals surface area (Å²) in [5.41, 5.74) is 0.465. The van der Waals surface area contributed by atoms with Crippen LogP contribution in [0.5, 0.6) is 0 Å². The van der Waals surface area contributed by atoms with Gasteiger partial charge in [0.1, 0.15) is 6.04 Å². The van der Waals surface area contributed by atoms with Gasteiger partial charge in [0, 0.05) is 29.9 Å². The van der Waals surface area contributed by atoms with E-state index >= 15 is 0 Å². The Labute approximate surface area is 151 Å². The largest absolute Gasteiger partial charge is 0.469 e. The zero-order valence-electron chi connectivity index (χ0n) is 14.5. The van der Waals surface area contributed by atoms with Crippen LogP contribution < -0.4 is 0 Å². The summed E-state index contributed by atoms with van der Waals surface area (Å²) in [6.45, 7) is -0.0334. The van der Waals surface area contributed by atoms with E-state index in [-0.39, 0.29) is 43.7 Å². The van der Waals surface area contributed by atoms with E-state index in [9.17, 15) is 25.0 Å². The molecule has 1 fully saturated rings. The molecule has 1 aliphatic heterocycles. The van der Waals surface area contributed by atoms with E-state index in [0.717, 1.165) is 0 Å². The Balaban J connectivity index is 2.22. The molecule has 1 aromatic carbocycles. The highest BCUT2D eigenvalue weighted by Crippen LogP contribution is 2.33. The van der Waals surface area contributed by atoms with E-state index in [1.165, 1.54) is 12.0 Å². The minimum absolute atomic E-state index is 0.0877. The van der Waals surface area contributed by atoms with Crippen LogP contribution in [0.3, 0.4) is 0 Å². The fourth-order valence-corrected chi connectivity index (χ4v) is 3.37. The Hall–Kier alpha value is -2.95. The van der Waals surface area contributed by atoms with Crippen LogP contribution in [0.15, 0.2) is 30.3 Å². The lowest BCUT2D eigenvalue weighted by Crippen LogP contribution is -2.50. The molecule has 0 aromatic heterocycles. The average molecular weight is 359 g/mol. The van der Waals surface area contributed by atoms with Gasteiger partial charge in [0.2, 0.25) is 6.54 Å². The molecule has 1 aliphatic rings. The Bertz CT molecular complexity index is 701. The van der Waals surface area contributed by atoms with E-state index in [1.807, 2.05) is 0 Å². The topological polar surface area (TPSA) is 114 Å². The third kappa shape index (κ3) is 4.79. The van der Waals surface area contributed by atoms with Gasteiger partial charge < -0.3 is 9.64 Å². The molecule has 1 aromatic rings. The zero-order chi connectivity index (χ0) is 19.1. The molecule has 0 radical (unpaired) electrons. The van der Waals surface area contributed by atoms with Crippen molar-refractivity contribution in [1.29, 1.82) is 5.26 Å². The van der Waals surface area contributed by atoms with Gasteiger partial charge in [-0.15, -0.1) is 0 Å². The zero-order valence-corrected chi connectivity index (χ0v) is 14.5. The number of benzene rings is 1. The molecule has 1 amide bonds. The number of nitrogens with zero attached hydrogens (tertiary/aromatic N) is 3. The van der Waals surface area contributed by atoms with Gasteiger partial charge in [-0.3, -0.25) is 19.7 Å². The summed E-state index contributed by atoms with van der Waals surface area (Å²) in [5, 5.41) is 20.3. The van der Waals surface area contributed by atoms with E-state index in [0.29, 0.717) is 12.0 Å². The Kier molecular flexibility index (Phi) is 6.67. The molecule has 138 valence electrons. The number of carbonyl (C=O) groups is 2. The first kappa shape index (κ1) is 19.4. The van der Waals surface area contributed by atoms with Crippen LogP contribution in [-0.2, 0) is 9.53 Å². The van der Waals surface area contributed by atoms with Gasteiger partial charge in [0.25, 0.3) is 5.91 Å². The van der Waals surface area contributed by atoms with Crippen molar-refractivity contribution >= 4 is 11.9 Å². The van der Waals surface area contributed by atoms with Crippen LogP contribution in [0.4, 0.5) is 0 Å². The Morgan fingerprint density at radius 2 is 2.04 bits per heavy atom. The summed E-state index contributed by atoms with van der Waals surface area (Å²) in [7, 11) is 1.28. The third-order valence-electron chi connectivity index (χ3n) is 4.77. The molecule has 0 spiro atoms. The first-order chi connectivity index (χ1) is 12.5. The van der Waals surface area contributed by atoms with Crippen molar-refractivity contribution in [2.75, 3.05) is 20.2 Å². The van der Waals surface area contributed by atoms with Gasteiger partial charge in [0.15, 0.2) is 0 Å². The number of esters is 1. The molecule has 0 saturated carbocycles. The number of hydrogen-bond acceptors (Lipinski definition) is 6. The molecular formula is C18H21N3O5. The second-order valence-corrected chi connectivity index (χ2v) is 6.35. The monoisotopic (exact) mass is 359 g/mol. The molecule has 2 rings (SSSR count). The van der Waals surface area contributed by atoms with Gasteiger partial charge in [0.05, 0.1) is 13.2 Å². The van der Waals surface area contributed by atoms with Crippen LogP contribution in [0.2, 0.25) is 0 Å². The molecule has 0 bridgehead atoms. The second-order valence-electron chi connectivity index (χ2n) is 6.35. The number of rotatable bonds is 6. The molecule has 8 nitrogen and oxygen atoms in total. The number of likely N-dealkylation sites (tertiary alicyclic amines) is 1. The van der Waals surface area contributed by atoms with Gasteiger partial charge >= 0.3 is 5.97 Å². The van der Waals surface area contributed by atoms with Gasteiger partial charge in [-0.05, 0) is 30.4 Å². The molecule has 8 heteroatoms. The lowest BCUT2D eigenvalue weighted by Gasteiger charge is -2.41. The highest BCUT2D eigenvalue weighted by Gasteiger charge is 2.39. The van der Waals surface area contributed by atoms with Crippen molar-refractivity contribution in [2.45, 2.75) is 25.3 Å². The van der Waals surface area contributed by atoms with Crippen molar-refractivity contribution in [3.05, 3.63) is 46.0 Å². The first-order valence-electron chi connectivity index (χ1n) is 8.40. The SMILES string of the molecule is COC(=O)CC1CC(C#N)N(C(=O)c2ccccc2)CC1CC[N+](=O)[O-]. The van der Waals surface area contributed by atoms with Gasteiger partial charge in [-0.2, -0.15) is 5.26 Å². The summed E-state index contributed by atoms with van der Waals surface area (Å²) in [4.78, 5) is 36.3. The summed E-state index contributed by atoms with van der Waals surface area (Å²) in [5.74, 6) is -1.16. The number of nitro groups is 1. The van der Waals surface area contributed by atoms with Crippen molar-refractivity contribution in [3.63, 3.8) is 0 Å². The molecule has 26 heavy (non-hydrogen) atoms. The molecule has 3 unspecified atom stereocenters. The lowest BCUT2D eigenvalue weighted by atomic mass is 9.78. The molecule has 0 N–H and O–H groups in total. The number of methoxy groups -OCH3 is 1. The van der Waals surface area contributed by atoms with Crippen LogP contribution >= 0.6 is 0 Å². The van der Waals surface area contributed by atoms with E-state index < -0.39 is 16.9 Å². The van der Waals surface area contributed by atoms with E-state index in [1.54, 1.807) is 30.3 Å². The normalized spacial score (nSPS) is 22.3. The quantitative estimate of drug-likeness (QED) is 0.435. The number of nitriles is 1. The number of hydrogen-bond donors (Lipinski definition) is 0. The second kappa shape index (κ2) is 8.94. The van der Waals surface area contributed by atoms with E-state index in [2.05, 4.69) is 6.07 Å². The maximum absolute atomic E-state index is 12.8. The van der Waals surface area contributed by atoms with Gasteiger partial charge in [-0.1, -0.05) is 18.2 Å². The predicted octanol–water partition coefficient (Wildman–Crippen LogP) is 1.89. The fourth-order valence-electron chi connectivity index (χ4n) is 3.37. The molecular weight excluding hydrogens is 338 g/mol. The van der Waals surface area contributed by atoms with Gasteiger partial charge in [-0.25, -0.2) is 0 Å². The summed E-state index contributed by atoms with van der Waals surface area (Å²) < 4.78 is 4.70. The minimum Gasteiger partial charge on any atom is -0.469 e. The average Bonchev–Trinajstić information content (AvgIpc) is 2.66. The molecule has 1 saturated heterocycles. The summed E-state index contributed by atoms with van der Waals surface area (Å²) in [6.07, 6.45) is 0.627. The van der Waals surface area contributed by atoms with Crippen molar-refractivity contribution < 1.29 is 19.2 Å². The lowest BCUT2D eigenvalue weighted by molar-refractivity contribution is -0.482. The van der Waals surface area contributed by atoms with Crippen LogP contribution in [0.25, 0.3) is 0 Å². The van der Waals surface area contributed by atoms with Crippen molar-refractivity contribution in [2.24, 2.45) is 11.8 Å². The maximum atomic E-state index is 12.8. The molecule has 3 atom stereocenters. The van der Waals surface area contributed by atoms with Crippen LogP contribution in [-0.4, -0.2) is 47.9 Å². The maximum Gasteiger partial charge on any atom is 0.305 e. The van der Waals surface area contributed by atoms with E-state index in [4.69, 9.17) is 4.74 Å². The number of amides is 1. The third-order valence-corrected chi connectivity index (χ3v) is 4.77. The molecule has 0 aliphatic carbocycles. The number of ether oxygens (including phenoxy) is 1. The van der Waals surface area contributed by atoms with Crippen molar-refractivity contribution in [1.82, 2.24) is 4.90 Å². The van der Waals surface area contributed by atoms with Crippen LogP contribution in [0.1, 0.15) is 29.6 Å².